The number of benzene rings is 6. The van der Waals surface area contributed by atoms with Crippen molar-refractivity contribution in [2.75, 3.05) is 0 Å². The fourth-order valence-corrected chi connectivity index (χ4v) is 6.82. The molecule has 0 saturated heterocycles. The Morgan fingerprint density at radius 2 is 0.444 bits per heavy atom. The van der Waals surface area contributed by atoms with E-state index in [-0.39, 0.29) is 0 Å². The van der Waals surface area contributed by atoms with Gasteiger partial charge in [-0.15, -0.1) is 0 Å². The largest absolute Gasteiger partial charge is 0.368 e. The first kappa shape index (κ1) is 32.7. The average molecular weight is 696 g/mol. The van der Waals surface area contributed by atoms with Crippen LogP contribution in [0, 0.1) is 0 Å². The number of rotatable bonds is 8. The Hall–Kier alpha value is -7.23. The van der Waals surface area contributed by atoms with E-state index in [0.29, 0.717) is 0 Å². The van der Waals surface area contributed by atoms with Gasteiger partial charge >= 0.3 is 34.6 Å². The van der Waals surface area contributed by atoms with Crippen molar-refractivity contribution >= 4 is 0 Å². The van der Waals surface area contributed by atoms with Gasteiger partial charge in [-0.1, -0.05) is 109 Å². The zero-order valence-corrected chi connectivity index (χ0v) is 29.4. The molecule has 9 aromatic rings. The molecular formula is C51H35O3+3. The van der Waals surface area contributed by atoms with Gasteiger partial charge in [0.05, 0.1) is 68.8 Å². The Bertz CT molecular complexity index is 2360. The van der Waals surface area contributed by atoms with Crippen LogP contribution in [0.3, 0.4) is 0 Å². The first-order valence-corrected chi connectivity index (χ1v) is 18.1. The predicted molar refractivity (Wildman–Crippen MR) is 220 cm³/mol. The molecule has 254 valence electrons. The average Bonchev–Trinajstić information content (AvgIpc) is 3.27. The van der Waals surface area contributed by atoms with Crippen molar-refractivity contribution in [1.82, 2.24) is 0 Å². The Balaban J connectivity index is 1.37. The van der Waals surface area contributed by atoms with Crippen molar-refractivity contribution in [3.05, 3.63) is 212 Å². The van der Waals surface area contributed by atoms with Crippen LogP contribution in [0.25, 0.3) is 90.2 Å². The first-order valence-electron chi connectivity index (χ1n) is 18.1. The van der Waals surface area contributed by atoms with Crippen molar-refractivity contribution < 1.29 is 13.3 Å². The van der Waals surface area contributed by atoms with Crippen LogP contribution in [-0.2, 0) is 0 Å². The summed E-state index contributed by atoms with van der Waals surface area (Å²) in [6.07, 6.45) is 0. The summed E-state index contributed by atoms with van der Waals surface area (Å²) >= 11 is 0. The van der Waals surface area contributed by atoms with Crippen molar-refractivity contribution in [3.8, 4) is 90.2 Å². The Kier molecular flexibility index (Phi) is 8.94. The van der Waals surface area contributed by atoms with Gasteiger partial charge in [0.25, 0.3) is 0 Å². The second-order valence-corrected chi connectivity index (χ2v) is 13.1. The van der Waals surface area contributed by atoms with Crippen molar-refractivity contribution in [2.45, 2.75) is 0 Å². The quantitative estimate of drug-likeness (QED) is 0.148. The second kappa shape index (κ2) is 14.8. The zero-order valence-electron chi connectivity index (χ0n) is 29.4. The summed E-state index contributed by atoms with van der Waals surface area (Å²) in [5, 5.41) is 0. The highest BCUT2D eigenvalue weighted by Gasteiger charge is 2.33. The van der Waals surface area contributed by atoms with Crippen LogP contribution in [0.2, 0.25) is 0 Å². The van der Waals surface area contributed by atoms with Gasteiger partial charge < -0.3 is 0 Å². The van der Waals surface area contributed by atoms with Crippen LogP contribution in [0.5, 0.6) is 0 Å². The summed E-state index contributed by atoms with van der Waals surface area (Å²) in [5.74, 6) is 4.56. The molecule has 0 saturated carbocycles. The molecule has 0 N–H and O–H groups in total. The lowest BCUT2D eigenvalue weighted by molar-refractivity contribution is 0.578. The summed E-state index contributed by atoms with van der Waals surface area (Å²) in [5.41, 5.74) is 9.69. The number of hydrogen-bond donors (Lipinski definition) is 0. The van der Waals surface area contributed by atoms with Gasteiger partial charge in [0, 0.05) is 11.1 Å². The van der Waals surface area contributed by atoms with Crippen LogP contribution < -0.4 is 0 Å². The van der Waals surface area contributed by atoms with E-state index in [1.165, 1.54) is 0 Å². The fraction of sp³-hybridized carbons (Fsp3) is 0. The molecule has 0 aliphatic carbocycles. The molecule has 3 heteroatoms. The molecule has 0 bridgehead atoms. The van der Waals surface area contributed by atoms with E-state index in [2.05, 4.69) is 103 Å². The SMILES string of the molecule is c1ccc(-c2cc(-c3cc(-c4cc(-c5ccccc5)[o+]c(-c5ccccc5)c4)c(-c4ccccc4)[o+]c3-c3ccccc3)cc(-c3ccccc3)[o+]2)cc1. The molecule has 54 heavy (non-hydrogen) atoms. The smallest absolute Gasteiger partial charge is 0.207 e. The molecule has 0 unspecified atom stereocenters. The second-order valence-electron chi connectivity index (χ2n) is 13.1. The summed E-state index contributed by atoms with van der Waals surface area (Å²) < 4.78 is 20.5. The lowest BCUT2D eigenvalue weighted by atomic mass is 9.92. The highest BCUT2D eigenvalue weighted by Crippen LogP contribution is 2.45. The molecule has 9 rings (SSSR count). The monoisotopic (exact) mass is 695 g/mol. The fourth-order valence-electron chi connectivity index (χ4n) is 6.82. The molecule has 6 aromatic carbocycles. The molecular weight excluding hydrogens is 661 g/mol. The van der Waals surface area contributed by atoms with Crippen LogP contribution in [0.4, 0.5) is 0 Å². The van der Waals surface area contributed by atoms with Gasteiger partial charge in [-0.05, 0) is 78.9 Å². The third-order valence-electron chi connectivity index (χ3n) is 9.50. The molecule has 3 aromatic heterocycles. The summed E-state index contributed by atoms with van der Waals surface area (Å²) in [6.45, 7) is 0. The van der Waals surface area contributed by atoms with Gasteiger partial charge in [-0.25, -0.2) is 13.3 Å². The lowest BCUT2D eigenvalue weighted by Crippen LogP contribution is -1.94. The number of hydrogen-bond acceptors (Lipinski definition) is 0. The van der Waals surface area contributed by atoms with Crippen LogP contribution >= 0.6 is 0 Å². The van der Waals surface area contributed by atoms with Gasteiger partial charge in [-0.3, -0.25) is 0 Å². The van der Waals surface area contributed by atoms with E-state index in [0.717, 1.165) is 90.2 Å². The maximum absolute atomic E-state index is 7.24. The molecule has 3 heterocycles. The van der Waals surface area contributed by atoms with Gasteiger partial charge in [0.1, 0.15) is 0 Å². The van der Waals surface area contributed by atoms with E-state index in [9.17, 15) is 0 Å². The minimum absolute atomic E-state index is 0.759. The standard InChI is InChI=1S/C51H35O3/c1-7-19-36(20-8-1)46-31-42(32-47(52-46)37-21-9-2-10-22-37)44-35-45(51(41-29-17-6-18-30-41)54-50(44)40-27-15-5-16-28-40)43-33-48(38-23-11-3-12-24-38)53-49(34-43)39-25-13-4-14-26-39/h1-35H/q+3. The molecule has 0 spiro atoms. The van der Waals surface area contributed by atoms with Crippen molar-refractivity contribution in [3.63, 3.8) is 0 Å². The third kappa shape index (κ3) is 6.74. The summed E-state index contributed by atoms with van der Waals surface area (Å²) in [6, 6.07) is 72.4. The first-order chi connectivity index (χ1) is 26.8. The molecule has 0 atom stereocenters. The summed E-state index contributed by atoms with van der Waals surface area (Å²) in [7, 11) is 0. The van der Waals surface area contributed by atoms with Gasteiger partial charge in [-0.2, -0.15) is 0 Å². The van der Waals surface area contributed by atoms with Gasteiger partial charge in [0.2, 0.25) is 0 Å². The van der Waals surface area contributed by atoms with Crippen molar-refractivity contribution in [2.24, 2.45) is 0 Å². The normalized spacial score (nSPS) is 11.0. The van der Waals surface area contributed by atoms with E-state index < -0.39 is 0 Å². The molecule has 0 amide bonds. The third-order valence-corrected chi connectivity index (χ3v) is 9.50. The Morgan fingerprint density at radius 3 is 0.704 bits per heavy atom. The highest BCUT2D eigenvalue weighted by molar-refractivity contribution is 5.91. The summed E-state index contributed by atoms with van der Waals surface area (Å²) in [4.78, 5) is 0. The maximum atomic E-state index is 7.24. The molecule has 0 radical (unpaired) electrons. The van der Waals surface area contributed by atoms with E-state index in [1.54, 1.807) is 0 Å². The van der Waals surface area contributed by atoms with E-state index in [4.69, 9.17) is 13.3 Å². The molecule has 0 aliphatic heterocycles. The predicted octanol–water partition coefficient (Wildman–Crippen LogP) is 14.6. The Labute approximate surface area is 314 Å². The topological polar surface area (TPSA) is 33.9 Å². The van der Waals surface area contributed by atoms with Crippen molar-refractivity contribution in [1.29, 1.82) is 0 Å². The Morgan fingerprint density at radius 1 is 0.204 bits per heavy atom. The molecule has 0 aliphatic rings. The van der Waals surface area contributed by atoms with Gasteiger partial charge in [0.15, 0.2) is 0 Å². The maximum Gasteiger partial charge on any atom is 0.368 e. The van der Waals surface area contributed by atoms with Crippen LogP contribution in [-0.4, -0.2) is 0 Å². The lowest BCUT2D eigenvalue weighted by Gasteiger charge is -2.08. The minimum atomic E-state index is 0.759. The van der Waals surface area contributed by atoms with Crippen LogP contribution in [0.1, 0.15) is 0 Å². The molecule has 0 fully saturated rings. The van der Waals surface area contributed by atoms with E-state index >= 15 is 0 Å². The molecule has 3 nitrogen and oxygen atoms in total. The minimum Gasteiger partial charge on any atom is -0.207 e. The van der Waals surface area contributed by atoms with Crippen LogP contribution in [0.15, 0.2) is 226 Å². The van der Waals surface area contributed by atoms with E-state index in [1.807, 2.05) is 109 Å². The highest BCUT2D eigenvalue weighted by atomic mass is 16.3. The zero-order chi connectivity index (χ0) is 36.1.